The van der Waals surface area contributed by atoms with Crippen LogP contribution in [0.5, 0.6) is 0 Å². The number of nitrogens with zero attached hydrogens (tertiary/aromatic N) is 1. The molecular formula is C8H12N2O4. The maximum atomic E-state index is 11.5. The molecule has 1 aliphatic rings. The van der Waals surface area contributed by atoms with E-state index in [2.05, 4.69) is 5.32 Å². The van der Waals surface area contributed by atoms with Crippen LogP contribution in [0.15, 0.2) is 0 Å². The normalized spacial score (nSPS) is 21.6. The van der Waals surface area contributed by atoms with Crippen molar-refractivity contribution in [2.75, 3.05) is 6.54 Å². The Labute approximate surface area is 80.9 Å². The van der Waals surface area contributed by atoms with Gasteiger partial charge < -0.3 is 10.4 Å². The largest absolute Gasteiger partial charge is 0.480 e. The van der Waals surface area contributed by atoms with Gasteiger partial charge in [0.2, 0.25) is 0 Å². The number of carbonyl (C=O) groups excluding carboxylic acids is 2. The summed E-state index contributed by atoms with van der Waals surface area (Å²) in [5.74, 6) is -1.70. The van der Waals surface area contributed by atoms with E-state index in [1.54, 1.807) is 13.8 Å². The van der Waals surface area contributed by atoms with Crippen molar-refractivity contribution < 1.29 is 19.5 Å². The van der Waals surface area contributed by atoms with Crippen LogP contribution < -0.4 is 5.32 Å². The molecule has 14 heavy (non-hydrogen) atoms. The fraction of sp³-hybridized carbons (Fsp3) is 0.625. The van der Waals surface area contributed by atoms with Gasteiger partial charge in [-0.15, -0.1) is 0 Å². The molecule has 1 rings (SSSR count). The van der Waals surface area contributed by atoms with Crippen LogP contribution >= 0.6 is 0 Å². The highest BCUT2D eigenvalue weighted by molar-refractivity contribution is 6.06. The first-order chi connectivity index (χ1) is 6.43. The fourth-order valence-corrected chi connectivity index (χ4v) is 1.28. The molecule has 0 unspecified atom stereocenters. The standard InChI is InChI=1S/C8H12N2O4/c1-4(2)6-7(13)10(3-5(11)12)8(14)9-6/h4,6H,3H2,1-2H3,(H,9,14)(H,11,12)/t6-/m1/s1. The van der Waals surface area contributed by atoms with Gasteiger partial charge in [0.25, 0.3) is 5.91 Å². The van der Waals surface area contributed by atoms with Crippen molar-refractivity contribution in [1.29, 1.82) is 0 Å². The van der Waals surface area contributed by atoms with E-state index in [-0.39, 0.29) is 5.92 Å². The Balaban J connectivity index is 2.75. The van der Waals surface area contributed by atoms with Crippen molar-refractivity contribution in [3.63, 3.8) is 0 Å². The van der Waals surface area contributed by atoms with Crippen molar-refractivity contribution in [1.82, 2.24) is 10.2 Å². The SMILES string of the molecule is CC(C)[C@H]1NC(=O)N(CC(=O)O)C1=O. The van der Waals surface area contributed by atoms with Crippen LogP contribution in [0.2, 0.25) is 0 Å². The first kappa shape index (κ1) is 10.5. The summed E-state index contributed by atoms with van der Waals surface area (Å²) in [6, 6.07) is -1.22. The molecule has 0 aliphatic carbocycles. The summed E-state index contributed by atoms with van der Waals surface area (Å²) in [6.45, 7) is 2.99. The van der Waals surface area contributed by atoms with Crippen LogP contribution in [-0.2, 0) is 9.59 Å². The third kappa shape index (κ3) is 1.84. The smallest absolute Gasteiger partial charge is 0.325 e. The summed E-state index contributed by atoms with van der Waals surface area (Å²) < 4.78 is 0. The van der Waals surface area contributed by atoms with Crippen LogP contribution in [-0.4, -0.2) is 40.5 Å². The highest BCUT2D eigenvalue weighted by Crippen LogP contribution is 2.12. The molecular weight excluding hydrogens is 188 g/mol. The highest BCUT2D eigenvalue weighted by Gasteiger charge is 2.40. The van der Waals surface area contributed by atoms with Crippen LogP contribution in [0.25, 0.3) is 0 Å². The van der Waals surface area contributed by atoms with E-state index in [9.17, 15) is 14.4 Å². The van der Waals surface area contributed by atoms with Crippen molar-refractivity contribution in [2.45, 2.75) is 19.9 Å². The van der Waals surface area contributed by atoms with Gasteiger partial charge in [-0.25, -0.2) is 4.79 Å². The second-order valence-electron chi connectivity index (χ2n) is 3.49. The highest BCUT2D eigenvalue weighted by atomic mass is 16.4. The minimum absolute atomic E-state index is 0.0368. The molecule has 0 bridgehead atoms. The zero-order valence-corrected chi connectivity index (χ0v) is 7.98. The number of hydrogen-bond acceptors (Lipinski definition) is 3. The number of carboxylic acid groups (broad SMARTS) is 1. The summed E-state index contributed by atoms with van der Waals surface area (Å²) in [7, 11) is 0. The van der Waals surface area contributed by atoms with Gasteiger partial charge in [0.05, 0.1) is 0 Å². The molecule has 3 amide bonds. The second kappa shape index (κ2) is 3.65. The lowest BCUT2D eigenvalue weighted by atomic mass is 10.1. The number of imide groups is 1. The topological polar surface area (TPSA) is 86.7 Å². The van der Waals surface area contributed by atoms with Crippen molar-refractivity contribution in [3.8, 4) is 0 Å². The maximum absolute atomic E-state index is 11.5. The van der Waals surface area contributed by atoms with E-state index in [0.717, 1.165) is 0 Å². The van der Waals surface area contributed by atoms with E-state index in [1.165, 1.54) is 0 Å². The molecule has 1 atom stereocenters. The molecule has 0 aromatic rings. The van der Waals surface area contributed by atoms with E-state index in [1.807, 2.05) is 0 Å². The number of carbonyl (C=O) groups is 3. The first-order valence-corrected chi connectivity index (χ1v) is 4.27. The average molecular weight is 200 g/mol. The van der Waals surface area contributed by atoms with Crippen molar-refractivity contribution in [3.05, 3.63) is 0 Å². The molecule has 6 heteroatoms. The number of amides is 3. The van der Waals surface area contributed by atoms with Gasteiger partial charge in [-0.3, -0.25) is 14.5 Å². The Hall–Kier alpha value is -1.59. The first-order valence-electron chi connectivity index (χ1n) is 4.27. The van der Waals surface area contributed by atoms with Gasteiger partial charge >= 0.3 is 12.0 Å². The van der Waals surface area contributed by atoms with Crippen LogP contribution in [0.4, 0.5) is 4.79 Å². The Kier molecular flexibility index (Phi) is 2.73. The lowest BCUT2D eigenvalue weighted by Crippen LogP contribution is -2.37. The number of nitrogens with one attached hydrogen (secondary N) is 1. The zero-order valence-electron chi connectivity index (χ0n) is 7.98. The number of aliphatic carboxylic acids is 1. The van der Waals surface area contributed by atoms with Crippen LogP contribution in [0, 0.1) is 5.92 Å². The second-order valence-corrected chi connectivity index (χ2v) is 3.49. The molecule has 6 nitrogen and oxygen atoms in total. The molecule has 0 saturated carbocycles. The summed E-state index contributed by atoms with van der Waals surface area (Å²) in [5.41, 5.74) is 0. The number of urea groups is 1. The number of hydrogen-bond donors (Lipinski definition) is 2. The van der Waals surface area contributed by atoms with Gasteiger partial charge in [-0.1, -0.05) is 13.8 Å². The van der Waals surface area contributed by atoms with Crippen LogP contribution in [0.3, 0.4) is 0 Å². The lowest BCUT2D eigenvalue weighted by molar-refractivity contribution is -0.141. The molecule has 0 radical (unpaired) electrons. The molecule has 1 saturated heterocycles. The summed E-state index contributed by atoms with van der Waals surface area (Å²) >= 11 is 0. The quantitative estimate of drug-likeness (QED) is 0.609. The molecule has 1 heterocycles. The van der Waals surface area contributed by atoms with E-state index >= 15 is 0 Å². The predicted octanol–water partition coefficient (Wildman–Crippen LogP) is -0.353. The third-order valence-electron chi connectivity index (χ3n) is 2.02. The van der Waals surface area contributed by atoms with Gasteiger partial charge in [0.15, 0.2) is 0 Å². The molecule has 0 spiro atoms. The van der Waals surface area contributed by atoms with Crippen LogP contribution in [0.1, 0.15) is 13.8 Å². The van der Waals surface area contributed by atoms with Gasteiger partial charge in [0, 0.05) is 0 Å². The average Bonchev–Trinajstić information content (AvgIpc) is 2.31. The van der Waals surface area contributed by atoms with E-state index in [0.29, 0.717) is 4.90 Å². The summed E-state index contributed by atoms with van der Waals surface area (Å²) in [6.07, 6.45) is 0. The minimum atomic E-state index is -1.20. The summed E-state index contributed by atoms with van der Waals surface area (Å²) in [4.78, 5) is 33.7. The predicted molar refractivity (Wildman–Crippen MR) is 46.5 cm³/mol. The van der Waals surface area contributed by atoms with Gasteiger partial charge in [-0.05, 0) is 5.92 Å². The molecule has 78 valence electrons. The Bertz CT molecular complexity index is 287. The number of rotatable bonds is 3. The molecule has 1 fully saturated rings. The Morgan fingerprint density at radius 2 is 2.14 bits per heavy atom. The molecule has 0 aromatic carbocycles. The van der Waals surface area contributed by atoms with E-state index in [4.69, 9.17) is 5.11 Å². The van der Waals surface area contributed by atoms with E-state index < -0.39 is 30.5 Å². The minimum Gasteiger partial charge on any atom is -0.480 e. The zero-order chi connectivity index (χ0) is 10.9. The number of carboxylic acids is 1. The monoisotopic (exact) mass is 200 g/mol. The summed E-state index contributed by atoms with van der Waals surface area (Å²) in [5, 5.41) is 10.9. The van der Waals surface area contributed by atoms with Crippen molar-refractivity contribution in [2.24, 2.45) is 5.92 Å². The van der Waals surface area contributed by atoms with Gasteiger partial charge in [0.1, 0.15) is 12.6 Å². The Morgan fingerprint density at radius 3 is 2.50 bits per heavy atom. The maximum Gasteiger partial charge on any atom is 0.325 e. The lowest BCUT2D eigenvalue weighted by Gasteiger charge is -2.12. The molecule has 2 N–H and O–H groups in total. The molecule has 1 aliphatic heterocycles. The van der Waals surface area contributed by atoms with Gasteiger partial charge in [-0.2, -0.15) is 0 Å². The van der Waals surface area contributed by atoms with Crippen molar-refractivity contribution >= 4 is 17.9 Å². The third-order valence-corrected chi connectivity index (χ3v) is 2.02. The fourth-order valence-electron chi connectivity index (χ4n) is 1.28. The molecule has 0 aromatic heterocycles. The Morgan fingerprint density at radius 1 is 1.57 bits per heavy atom.